The summed E-state index contributed by atoms with van der Waals surface area (Å²) in [6, 6.07) is 5.51. The number of aliphatic hydroxyl groups is 1. The molecule has 0 aromatic heterocycles. The van der Waals surface area contributed by atoms with Crippen molar-refractivity contribution < 1.29 is 76.9 Å². The molecule has 0 spiro atoms. The molecular formula is C20H30NO3U2-. The first-order valence-electron chi connectivity index (χ1n) is 8.56. The molecule has 1 aromatic rings. The average molecular weight is 809 g/mol. The maximum Gasteiger partial charge on any atom is 2.00 e. The first-order valence-corrected chi connectivity index (χ1v) is 8.56. The van der Waals surface area contributed by atoms with Crippen LogP contribution in [0, 0.1) is 88.9 Å². The number of piperidine rings is 1. The Bertz CT molecular complexity index is 502. The number of benzene rings is 1. The number of hydrogen-bond acceptors (Lipinski definition) is 4. The van der Waals surface area contributed by atoms with E-state index in [9.17, 15) is 9.90 Å². The molecule has 6 heteroatoms. The Kier molecular flexibility index (Phi) is 18.3. The molecule has 1 heterocycles. The van der Waals surface area contributed by atoms with Crippen molar-refractivity contribution >= 4 is 11.7 Å². The van der Waals surface area contributed by atoms with Gasteiger partial charge in [0, 0.05) is 49.9 Å². The van der Waals surface area contributed by atoms with Gasteiger partial charge in [-0.3, -0.25) is 0 Å². The molecule has 1 saturated heterocycles. The van der Waals surface area contributed by atoms with Gasteiger partial charge in [-0.1, -0.05) is 12.8 Å². The van der Waals surface area contributed by atoms with Crippen LogP contribution in [0.1, 0.15) is 48.0 Å². The summed E-state index contributed by atoms with van der Waals surface area (Å²) in [5, 5.41) is 9.39. The van der Waals surface area contributed by atoms with Crippen molar-refractivity contribution in [3.05, 3.63) is 50.1 Å². The Morgan fingerprint density at radius 2 is 1.85 bits per heavy atom. The minimum atomic E-state index is -0.410. The van der Waals surface area contributed by atoms with Gasteiger partial charge in [0.05, 0.1) is 19.3 Å². The maximum absolute atomic E-state index is 11.6. The number of methoxy groups -OCH3 is 1. The molecule has 4 nitrogen and oxygen atoms in total. The van der Waals surface area contributed by atoms with E-state index in [0.717, 1.165) is 44.5 Å². The number of esters is 1. The van der Waals surface area contributed by atoms with E-state index in [1.807, 2.05) is 12.1 Å². The quantitative estimate of drug-likeness (QED) is 0.364. The van der Waals surface area contributed by atoms with Gasteiger partial charge in [-0.25, -0.2) is 4.79 Å². The number of nitrogens with zero attached hydrogens (tertiary/aromatic N) is 1. The van der Waals surface area contributed by atoms with Gasteiger partial charge < -0.3 is 35.5 Å². The zero-order valence-corrected chi connectivity index (χ0v) is 24.1. The summed E-state index contributed by atoms with van der Waals surface area (Å²) < 4.78 is 4.71. The maximum atomic E-state index is 11.6. The van der Waals surface area contributed by atoms with E-state index in [4.69, 9.17) is 4.74 Å². The minimum Gasteiger partial charge on any atom is -0.465 e. The van der Waals surface area contributed by atoms with Gasteiger partial charge in [0.2, 0.25) is 0 Å². The van der Waals surface area contributed by atoms with Crippen LogP contribution in [0.25, 0.3) is 0 Å². The summed E-state index contributed by atoms with van der Waals surface area (Å²) >= 11 is 0. The molecule has 0 aliphatic carbocycles. The molecule has 1 aliphatic heterocycles. The summed E-state index contributed by atoms with van der Waals surface area (Å²) in [5.41, 5.74) is 2.09. The number of unbranched alkanes of at least 4 members (excludes halogenated alkanes) is 2. The van der Waals surface area contributed by atoms with Crippen molar-refractivity contribution in [2.75, 3.05) is 25.1 Å². The van der Waals surface area contributed by atoms with Crippen LogP contribution in [0.2, 0.25) is 0 Å². The van der Waals surface area contributed by atoms with Crippen molar-refractivity contribution in [3.63, 3.8) is 0 Å². The number of carbonyl (C=O) groups is 1. The van der Waals surface area contributed by atoms with E-state index in [1.165, 1.54) is 13.5 Å². The predicted octanol–water partition coefficient (Wildman–Crippen LogP) is 3.84. The van der Waals surface area contributed by atoms with Crippen LogP contribution in [-0.2, 0) is 11.3 Å². The fourth-order valence-electron chi connectivity index (χ4n) is 2.58. The van der Waals surface area contributed by atoms with Crippen LogP contribution in [0.3, 0.4) is 0 Å². The molecule has 142 valence electrons. The molecule has 1 aliphatic rings. The molecular weight excluding hydrogens is 778 g/mol. The standard InChI is InChI=1S/C15H20NO3.C5H10.2U/c1-11-5-7-16(8-6-11)13-3-4-14(15(18)19-2)12(9-13)10-17;1-3-5-4-2;;/h3-4,9,11,17H,1,5-8,10H2,2H3;1-5H2;;/q-1;-2;;+2. The summed E-state index contributed by atoms with van der Waals surface area (Å²) in [6.45, 7) is 13.1. The first kappa shape index (κ1) is 28.8. The second-order valence-electron chi connectivity index (χ2n) is 5.98. The van der Waals surface area contributed by atoms with E-state index in [1.54, 1.807) is 6.07 Å². The molecule has 26 heavy (non-hydrogen) atoms. The van der Waals surface area contributed by atoms with Gasteiger partial charge in [-0.2, -0.15) is 18.8 Å². The summed E-state index contributed by atoms with van der Waals surface area (Å²) in [5.74, 6) is 0.120. The Morgan fingerprint density at radius 3 is 2.27 bits per heavy atom. The molecule has 0 atom stereocenters. The summed E-state index contributed by atoms with van der Waals surface area (Å²) in [4.78, 5) is 13.8. The van der Waals surface area contributed by atoms with Crippen LogP contribution < -0.4 is 4.90 Å². The minimum absolute atomic E-state index is 0. The van der Waals surface area contributed by atoms with Crippen LogP contribution in [-0.4, -0.2) is 31.3 Å². The fourth-order valence-corrected chi connectivity index (χ4v) is 2.58. The SMILES string of the molecule is [CH2-]C1CCN(c2ccc(C(=O)OC)c(CO)c2)CC1.[CH2-]CCC[CH2-].[U+2].[U]. The molecule has 1 fully saturated rings. The molecule has 2 rings (SSSR count). The molecule has 0 amide bonds. The van der Waals surface area contributed by atoms with Crippen LogP contribution in [0.5, 0.6) is 0 Å². The van der Waals surface area contributed by atoms with Crippen LogP contribution in [0.4, 0.5) is 5.69 Å². The van der Waals surface area contributed by atoms with Gasteiger partial charge in [0.25, 0.3) is 0 Å². The zero-order chi connectivity index (χ0) is 17.9. The summed E-state index contributed by atoms with van der Waals surface area (Å²) in [7, 11) is 1.34. The smallest absolute Gasteiger partial charge is 0.465 e. The Morgan fingerprint density at radius 1 is 1.27 bits per heavy atom. The van der Waals surface area contributed by atoms with Crippen LogP contribution >= 0.6 is 0 Å². The van der Waals surface area contributed by atoms with Crippen molar-refractivity contribution in [3.8, 4) is 0 Å². The van der Waals surface area contributed by atoms with E-state index in [2.05, 4.69) is 25.7 Å². The molecule has 0 saturated carbocycles. The molecule has 1 aromatic carbocycles. The van der Waals surface area contributed by atoms with Gasteiger partial charge in [-0.05, 0) is 23.8 Å². The van der Waals surface area contributed by atoms with Gasteiger partial charge >= 0.3 is 37.1 Å². The second kappa shape index (κ2) is 16.5. The number of carbonyl (C=O) groups excluding carboxylic acids is 1. The van der Waals surface area contributed by atoms with Gasteiger partial charge in [0.1, 0.15) is 0 Å². The number of aliphatic hydroxyl groups excluding tert-OH is 1. The predicted molar refractivity (Wildman–Crippen MR) is 98.6 cm³/mol. The molecule has 1 N–H and O–H groups in total. The number of ether oxygens (including phenoxy) is 1. The van der Waals surface area contributed by atoms with E-state index < -0.39 is 5.97 Å². The van der Waals surface area contributed by atoms with Crippen molar-refractivity contribution in [1.82, 2.24) is 0 Å². The topological polar surface area (TPSA) is 49.8 Å². The monoisotopic (exact) mass is 808 g/mol. The third kappa shape index (κ3) is 9.66. The van der Waals surface area contributed by atoms with Crippen molar-refractivity contribution in [2.45, 2.75) is 38.7 Å². The van der Waals surface area contributed by atoms with Crippen molar-refractivity contribution in [2.24, 2.45) is 5.92 Å². The normalized spacial score (nSPS) is 13.7. The van der Waals surface area contributed by atoms with E-state index in [-0.39, 0.29) is 68.8 Å². The fraction of sp³-hybridized carbons (Fsp3) is 0.500. The first-order chi connectivity index (χ1) is 11.6. The van der Waals surface area contributed by atoms with Crippen LogP contribution in [0.15, 0.2) is 18.2 Å². The summed E-state index contributed by atoms with van der Waals surface area (Å²) in [6.07, 6.45) is 5.38. The largest absolute Gasteiger partial charge is 2.00 e. The number of hydrogen-bond donors (Lipinski definition) is 1. The van der Waals surface area contributed by atoms with Crippen molar-refractivity contribution in [1.29, 1.82) is 0 Å². The Balaban J connectivity index is 0. The van der Waals surface area contributed by atoms with Gasteiger partial charge in [0.15, 0.2) is 0 Å². The molecule has 0 radical (unpaired) electrons. The number of anilines is 1. The van der Waals surface area contributed by atoms with E-state index >= 15 is 0 Å². The van der Waals surface area contributed by atoms with Gasteiger partial charge in [-0.15, -0.1) is 6.42 Å². The average Bonchev–Trinajstić information content (AvgIpc) is 2.62. The third-order valence-corrected chi connectivity index (χ3v) is 4.14. The Hall–Kier alpha value is 0.554. The number of rotatable bonds is 5. The third-order valence-electron chi connectivity index (χ3n) is 4.14. The molecule has 0 bridgehead atoms. The zero-order valence-electron chi connectivity index (χ0n) is 15.8. The Labute approximate surface area is 206 Å². The molecule has 0 unspecified atom stereocenters. The van der Waals surface area contributed by atoms with E-state index in [0.29, 0.717) is 17.0 Å². The second-order valence-corrected chi connectivity index (χ2v) is 5.98.